The molecule has 5 heteroatoms. The van der Waals surface area contributed by atoms with Gasteiger partial charge in [-0.15, -0.1) is 0 Å². The Morgan fingerprint density at radius 1 is 1.42 bits per heavy atom. The summed E-state index contributed by atoms with van der Waals surface area (Å²) in [6.45, 7) is 5.31. The van der Waals surface area contributed by atoms with Crippen LogP contribution in [0.15, 0.2) is 35.7 Å². The van der Waals surface area contributed by atoms with Gasteiger partial charge in [0.15, 0.2) is 5.57 Å². The van der Waals surface area contributed by atoms with E-state index in [0.29, 0.717) is 0 Å². The zero-order chi connectivity index (χ0) is 14.4. The smallest absolute Gasteiger partial charge is 0.352 e. The number of esters is 1. The van der Waals surface area contributed by atoms with Gasteiger partial charge in [0.1, 0.15) is 11.9 Å². The van der Waals surface area contributed by atoms with E-state index in [0.717, 1.165) is 11.3 Å². The maximum Gasteiger partial charge on any atom is 0.352 e. The molecule has 0 aromatic heterocycles. The molecule has 0 amide bonds. The molecule has 0 aliphatic rings. The topological polar surface area (TPSA) is 88.1 Å². The van der Waals surface area contributed by atoms with Crippen LogP contribution < -0.4 is 11.1 Å². The highest BCUT2D eigenvalue weighted by Crippen LogP contribution is 2.15. The second kappa shape index (κ2) is 6.45. The number of carbonyl (C=O) groups excluding carboxylic acids is 1. The van der Waals surface area contributed by atoms with Gasteiger partial charge in [-0.25, -0.2) is 4.79 Å². The van der Waals surface area contributed by atoms with E-state index in [1.165, 1.54) is 0 Å². The molecule has 0 atom stereocenters. The number of rotatable bonds is 4. The minimum atomic E-state index is -0.726. The van der Waals surface area contributed by atoms with Crippen molar-refractivity contribution < 1.29 is 9.53 Å². The lowest BCUT2D eigenvalue weighted by atomic mass is 10.2. The van der Waals surface area contributed by atoms with Gasteiger partial charge in [-0.1, -0.05) is 18.2 Å². The first-order chi connectivity index (χ1) is 8.95. The second-order valence-corrected chi connectivity index (χ2v) is 4.29. The summed E-state index contributed by atoms with van der Waals surface area (Å²) in [5.74, 6) is -0.737. The lowest BCUT2D eigenvalue weighted by Crippen LogP contribution is -2.20. The van der Waals surface area contributed by atoms with E-state index < -0.39 is 5.97 Å². The molecule has 0 saturated carbocycles. The number of nitrogens with one attached hydrogen (secondary N) is 1. The Bertz CT molecular complexity index is 542. The number of para-hydroxylation sites is 1. The number of anilines is 1. The fourth-order valence-electron chi connectivity index (χ4n) is 1.41. The van der Waals surface area contributed by atoms with Crippen molar-refractivity contribution in [2.24, 2.45) is 5.73 Å². The quantitative estimate of drug-likeness (QED) is 0.491. The van der Waals surface area contributed by atoms with E-state index in [1.54, 1.807) is 19.9 Å². The van der Waals surface area contributed by atoms with Gasteiger partial charge in [0.2, 0.25) is 0 Å². The van der Waals surface area contributed by atoms with Crippen LogP contribution in [0.3, 0.4) is 0 Å². The Kier molecular flexibility index (Phi) is 4.95. The van der Waals surface area contributed by atoms with Gasteiger partial charge < -0.3 is 15.8 Å². The summed E-state index contributed by atoms with van der Waals surface area (Å²) < 4.78 is 4.95. The number of ether oxygens (including phenoxy) is 1. The molecule has 1 aromatic rings. The fraction of sp³-hybridized carbons (Fsp3) is 0.286. The normalized spacial score (nSPS) is 11.5. The van der Waals surface area contributed by atoms with E-state index in [4.69, 9.17) is 15.7 Å². The monoisotopic (exact) mass is 259 g/mol. The number of nitriles is 1. The highest BCUT2D eigenvalue weighted by Gasteiger charge is 2.17. The van der Waals surface area contributed by atoms with Crippen LogP contribution >= 0.6 is 0 Å². The first kappa shape index (κ1) is 14.6. The number of benzene rings is 1. The van der Waals surface area contributed by atoms with Crippen LogP contribution in [0.25, 0.3) is 0 Å². The third-order valence-corrected chi connectivity index (χ3v) is 2.34. The predicted octanol–water partition coefficient (Wildman–Crippen LogP) is 2.05. The molecule has 1 rings (SSSR count). The van der Waals surface area contributed by atoms with Crippen molar-refractivity contribution in [3.8, 4) is 6.07 Å². The average molecular weight is 259 g/mol. The van der Waals surface area contributed by atoms with E-state index in [9.17, 15) is 4.79 Å². The van der Waals surface area contributed by atoms with Gasteiger partial charge in [0.25, 0.3) is 0 Å². The second-order valence-electron chi connectivity index (χ2n) is 4.29. The molecule has 0 heterocycles. The maximum absolute atomic E-state index is 11.7. The summed E-state index contributed by atoms with van der Waals surface area (Å²) in [4.78, 5) is 11.7. The van der Waals surface area contributed by atoms with Gasteiger partial charge in [0, 0.05) is 5.69 Å². The van der Waals surface area contributed by atoms with Crippen LogP contribution in [0, 0.1) is 18.3 Å². The zero-order valence-corrected chi connectivity index (χ0v) is 11.2. The molecule has 0 aliphatic carbocycles. The minimum Gasteiger partial charge on any atom is -0.459 e. The van der Waals surface area contributed by atoms with Crippen LogP contribution in [0.4, 0.5) is 5.69 Å². The molecule has 0 saturated heterocycles. The fourth-order valence-corrected chi connectivity index (χ4v) is 1.41. The van der Waals surface area contributed by atoms with Crippen LogP contribution in [-0.2, 0) is 9.53 Å². The number of hydrogen-bond acceptors (Lipinski definition) is 5. The van der Waals surface area contributed by atoms with Crippen molar-refractivity contribution in [3.05, 3.63) is 41.2 Å². The number of nitrogens with zero attached hydrogens (tertiary/aromatic N) is 1. The Balaban J connectivity index is 2.97. The van der Waals surface area contributed by atoms with Crippen LogP contribution in [0.5, 0.6) is 0 Å². The molecule has 1 aromatic carbocycles. The molecule has 0 spiro atoms. The summed E-state index contributed by atoms with van der Waals surface area (Å²) in [7, 11) is 0. The molecule has 100 valence electrons. The number of hydrogen-bond donors (Lipinski definition) is 2. The first-order valence-electron chi connectivity index (χ1n) is 5.89. The van der Waals surface area contributed by atoms with Gasteiger partial charge in [-0.3, -0.25) is 0 Å². The molecule has 0 unspecified atom stereocenters. The first-order valence-corrected chi connectivity index (χ1v) is 5.89. The molecule has 19 heavy (non-hydrogen) atoms. The Morgan fingerprint density at radius 2 is 2.05 bits per heavy atom. The Hall–Kier alpha value is -2.48. The number of carbonyl (C=O) groups is 1. The van der Waals surface area contributed by atoms with E-state index in [1.807, 2.05) is 31.2 Å². The largest absolute Gasteiger partial charge is 0.459 e. The molecule has 5 nitrogen and oxygen atoms in total. The summed E-state index contributed by atoms with van der Waals surface area (Å²) in [6, 6.07) is 9.19. The van der Waals surface area contributed by atoms with E-state index in [-0.39, 0.29) is 17.5 Å². The van der Waals surface area contributed by atoms with Crippen molar-refractivity contribution in [2.45, 2.75) is 26.9 Å². The maximum atomic E-state index is 11.7. The third-order valence-electron chi connectivity index (χ3n) is 2.34. The van der Waals surface area contributed by atoms with E-state index in [2.05, 4.69) is 5.32 Å². The SMILES string of the molecule is Cc1ccccc1N/C(N)=C(/C#N)C(=O)OC(C)C. The number of aryl methyl sites for hydroxylation is 1. The zero-order valence-electron chi connectivity index (χ0n) is 11.2. The lowest BCUT2D eigenvalue weighted by Gasteiger charge is -2.12. The Morgan fingerprint density at radius 3 is 2.58 bits per heavy atom. The van der Waals surface area contributed by atoms with Crippen molar-refractivity contribution in [1.82, 2.24) is 0 Å². The highest BCUT2D eigenvalue weighted by atomic mass is 16.5. The van der Waals surface area contributed by atoms with Gasteiger partial charge >= 0.3 is 5.97 Å². The number of nitrogens with two attached hydrogens (primary N) is 1. The van der Waals surface area contributed by atoms with Crippen LogP contribution in [-0.4, -0.2) is 12.1 Å². The average Bonchev–Trinajstić information content (AvgIpc) is 2.32. The molecule has 0 fully saturated rings. The van der Waals surface area contributed by atoms with Crippen LogP contribution in [0.1, 0.15) is 19.4 Å². The molecule has 3 N–H and O–H groups in total. The third kappa shape index (κ3) is 4.03. The predicted molar refractivity (Wildman–Crippen MR) is 72.9 cm³/mol. The molecule has 0 aliphatic heterocycles. The molecule has 0 radical (unpaired) electrons. The molecular weight excluding hydrogens is 242 g/mol. The summed E-state index contributed by atoms with van der Waals surface area (Å²) in [5, 5.41) is 11.8. The van der Waals surface area contributed by atoms with Gasteiger partial charge in [0.05, 0.1) is 6.10 Å². The summed E-state index contributed by atoms with van der Waals surface area (Å²) in [5.41, 5.74) is 7.23. The van der Waals surface area contributed by atoms with Crippen LogP contribution in [0.2, 0.25) is 0 Å². The van der Waals surface area contributed by atoms with Gasteiger partial charge in [-0.05, 0) is 32.4 Å². The van der Waals surface area contributed by atoms with Crippen molar-refractivity contribution in [1.29, 1.82) is 5.26 Å². The van der Waals surface area contributed by atoms with Crippen molar-refractivity contribution in [2.75, 3.05) is 5.32 Å². The van der Waals surface area contributed by atoms with E-state index >= 15 is 0 Å². The Labute approximate surface area is 112 Å². The molecule has 0 bridgehead atoms. The minimum absolute atomic E-state index is 0.0116. The van der Waals surface area contributed by atoms with Crippen molar-refractivity contribution >= 4 is 11.7 Å². The summed E-state index contributed by atoms with van der Waals surface area (Å²) >= 11 is 0. The van der Waals surface area contributed by atoms with Gasteiger partial charge in [-0.2, -0.15) is 5.26 Å². The van der Waals surface area contributed by atoms with Crippen molar-refractivity contribution in [3.63, 3.8) is 0 Å². The lowest BCUT2D eigenvalue weighted by molar-refractivity contribution is -0.142. The molecular formula is C14H17N3O2. The standard InChI is InChI=1S/C14H17N3O2/c1-9(2)19-14(18)11(8-15)13(16)17-12-7-5-4-6-10(12)3/h4-7,9,17H,16H2,1-3H3/b13-11-. The highest BCUT2D eigenvalue weighted by molar-refractivity contribution is 5.94. The summed E-state index contributed by atoms with van der Waals surface area (Å²) in [6.07, 6.45) is -0.304.